The van der Waals surface area contributed by atoms with Crippen LogP contribution in [0.5, 0.6) is 0 Å². The standard InChI is InChI=1S/C14H10ClN3/c1-9-7-17-14(15)18-13(9)11-4-2-3-10-5-6-16-8-12(10)11/h2-8H,1H3. The Morgan fingerprint density at radius 2 is 2.00 bits per heavy atom. The summed E-state index contributed by atoms with van der Waals surface area (Å²) in [6.07, 6.45) is 5.37. The number of rotatable bonds is 1. The molecule has 3 aromatic rings. The highest BCUT2D eigenvalue weighted by Gasteiger charge is 2.09. The molecule has 0 atom stereocenters. The molecule has 0 aliphatic heterocycles. The van der Waals surface area contributed by atoms with Crippen LogP contribution < -0.4 is 0 Å². The number of aryl methyl sites for hydroxylation is 1. The van der Waals surface area contributed by atoms with Crippen molar-refractivity contribution >= 4 is 22.4 Å². The third-order valence-electron chi connectivity index (χ3n) is 2.88. The van der Waals surface area contributed by atoms with Crippen molar-refractivity contribution in [3.8, 4) is 11.3 Å². The van der Waals surface area contributed by atoms with Crippen LogP contribution in [0, 0.1) is 6.92 Å². The molecule has 2 heterocycles. The van der Waals surface area contributed by atoms with Crippen molar-refractivity contribution in [2.75, 3.05) is 0 Å². The largest absolute Gasteiger partial charge is 0.264 e. The Kier molecular flexibility index (Phi) is 2.68. The van der Waals surface area contributed by atoms with Gasteiger partial charge in [-0.3, -0.25) is 4.98 Å². The molecular weight excluding hydrogens is 246 g/mol. The van der Waals surface area contributed by atoms with Crippen LogP contribution >= 0.6 is 11.6 Å². The van der Waals surface area contributed by atoms with Crippen LogP contribution in [-0.4, -0.2) is 15.0 Å². The molecule has 18 heavy (non-hydrogen) atoms. The number of aromatic nitrogens is 3. The Morgan fingerprint density at radius 3 is 2.89 bits per heavy atom. The lowest BCUT2D eigenvalue weighted by Gasteiger charge is -2.08. The molecule has 0 unspecified atom stereocenters. The third kappa shape index (κ3) is 1.83. The molecular formula is C14H10ClN3. The minimum atomic E-state index is 0.261. The molecule has 1 aromatic carbocycles. The number of halogens is 1. The number of nitrogens with zero attached hydrogens (tertiary/aromatic N) is 3. The lowest BCUT2D eigenvalue weighted by atomic mass is 10.0. The Hall–Kier alpha value is -2.00. The lowest BCUT2D eigenvalue weighted by molar-refractivity contribution is 1.14. The Labute approximate surface area is 109 Å². The zero-order valence-corrected chi connectivity index (χ0v) is 10.5. The number of benzene rings is 1. The normalized spacial score (nSPS) is 10.8. The monoisotopic (exact) mass is 255 g/mol. The van der Waals surface area contributed by atoms with Crippen LogP contribution in [0.1, 0.15) is 5.56 Å². The van der Waals surface area contributed by atoms with Crippen LogP contribution in [-0.2, 0) is 0 Å². The lowest BCUT2D eigenvalue weighted by Crippen LogP contribution is -1.92. The molecule has 0 aliphatic rings. The van der Waals surface area contributed by atoms with Crippen molar-refractivity contribution in [1.82, 2.24) is 15.0 Å². The van der Waals surface area contributed by atoms with Crippen LogP contribution in [0.2, 0.25) is 5.28 Å². The van der Waals surface area contributed by atoms with E-state index in [1.807, 2.05) is 31.3 Å². The summed E-state index contributed by atoms with van der Waals surface area (Å²) < 4.78 is 0. The zero-order chi connectivity index (χ0) is 12.5. The predicted octanol–water partition coefficient (Wildman–Crippen LogP) is 3.65. The molecule has 88 valence electrons. The van der Waals surface area contributed by atoms with Crippen molar-refractivity contribution < 1.29 is 0 Å². The van der Waals surface area contributed by atoms with Gasteiger partial charge < -0.3 is 0 Å². The predicted molar refractivity (Wildman–Crippen MR) is 72.5 cm³/mol. The first-order chi connectivity index (χ1) is 8.75. The molecule has 2 aromatic heterocycles. The van der Waals surface area contributed by atoms with Crippen LogP contribution in [0.3, 0.4) is 0 Å². The van der Waals surface area contributed by atoms with E-state index in [4.69, 9.17) is 11.6 Å². The van der Waals surface area contributed by atoms with E-state index in [0.29, 0.717) is 0 Å². The third-order valence-corrected chi connectivity index (χ3v) is 3.06. The van der Waals surface area contributed by atoms with E-state index in [1.165, 1.54) is 0 Å². The van der Waals surface area contributed by atoms with Gasteiger partial charge in [-0.05, 0) is 35.5 Å². The number of hydrogen-bond acceptors (Lipinski definition) is 3. The minimum Gasteiger partial charge on any atom is -0.264 e. The van der Waals surface area contributed by atoms with Crippen molar-refractivity contribution in [2.24, 2.45) is 0 Å². The minimum absolute atomic E-state index is 0.261. The summed E-state index contributed by atoms with van der Waals surface area (Å²) >= 11 is 5.88. The first kappa shape index (κ1) is 11.1. The highest BCUT2D eigenvalue weighted by atomic mass is 35.5. The van der Waals surface area contributed by atoms with Gasteiger partial charge in [-0.2, -0.15) is 0 Å². The first-order valence-electron chi connectivity index (χ1n) is 5.58. The summed E-state index contributed by atoms with van der Waals surface area (Å²) in [4.78, 5) is 12.5. The van der Waals surface area contributed by atoms with E-state index in [1.54, 1.807) is 12.4 Å². The second kappa shape index (κ2) is 4.35. The quantitative estimate of drug-likeness (QED) is 0.623. The highest BCUT2D eigenvalue weighted by molar-refractivity contribution is 6.28. The van der Waals surface area contributed by atoms with Gasteiger partial charge in [-0.1, -0.05) is 18.2 Å². The molecule has 0 aliphatic carbocycles. The fraction of sp³-hybridized carbons (Fsp3) is 0.0714. The fourth-order valence-electron chi connectivity index (χ4n) is 2.01. The van der Waals surface area contributed by atoms with Gasteiger partial charge in [0.25, 0.3) is 0 Å². The van der Waals surface area contributed by atoms with Gasteiger partial charge in [-0.25, -0.2) is 9.97 Å². The topological polar surface area (TPSA) is 38.7 Å². The smallest absolute Gasteiger partial charge is 0.222 e. The van der Waals surface area contributed by atoms with E-state index >= 15 is 0 Å². The Balaban J connectivity index is 2.35. The summed E-state index contributed by atoms with van der Waals surface area (Å²) in [5.41, 5.74) is 2.88. The SMILES string of the molecule is Cc1cnc(Cl)nc1-c1cccc2ccncc12. The molecule has 0 fully saturated rings. The first-order valence-corrected chi connectivity index (χ1v) is 5.96. The van der Waals surface area contributed by atoms with E-state index in [0.717, 1.165) is 27.6 Å². The van der Waals surface area contributed by atoms with E-state index < -0.39 is 0 Å². The second-order valence-electron chi connectivity index (χ2n) is 4.07. The molecule has 0 saturated carbocycles. The van der Waals surface area contributed by atoms with Gasteiger partial charge >= 0.3 is 0 Å². The van der Waals surface area contributed by atoms with E-state index in [9.17, 15) is 0 Å². The van der Waals surface area contributed by atoms with Gasteiger partial charge in [0.2, 0.25) is 5.28 Å². The molecule has 0 saturated heterocycles. The average Bonchev–Trinajstić information content (AvgIpc) is 2.41. The summed E-state index contributed by atoms with van der Waals surface area (Å²) in [6.45, 7) is 1.97. The van der Waals surface area contributed by atoms with Gasteiger partial charge in [0.05, 0.1) is 5.69 Å². The number of fused-ring (bicyclic) bond motifs is 1. The highest BCUT2D eigenvalue weighted by Crippen LogP contribution is 2.28. The van der Waals surface area contributed by atoms with Crippen molar-refractivity contribution in [3.63, 3.8) is 0 Å². The molecule has 0 N–H and O–H groups in total. The molecule has 3 rings (SSSR count). The maximum atomic E-state index is 5.88. The number of pyridine rings is 1. The molecule has 4 heteroatoms. The van der Waals surface area contributed by atoms with Gasteiger partial charge in [0, 0.05) is 29.5 Å². The Bertz CT molecular complexity index is 720. The van der Waals surface area contributed by atoms with Gasteiger partial charge in [0.15, 0.2) is 0 Å². The van der Waals surface area contributed by atoms with E-state index in [2.05, 4.69) is 21.0 Å². The van der Waals surface area contributed by atoms with Gasteiger partial charge in [0.1, 0.15) is 0 Å². The summed E-state index contributed by atoms with van der Waals surface area (Å²) in [5, 5.41) is 2.46. The van der Waals surface area contributed by atoms with Gasteiger partial charge in [-0.15, -0.1) is 0 Å². The summed E-state index contributed by atoms with van der Waals surface area (Å²) in [7, 11) is 0. The molecule has 0 amide bonds. The average molecular weight is 256 g/mol. The maximum absolute atomic E-state index is 5.88. The van der Waals surface area contributed by atoms with Crippen molar-refractivity contribution in [1.29, 1.82) is 0 Å². The molecule has 0 radical (unpaired) electrons. The van der Waals surface area contributed by atoms with Crippen LogP contribution in [0.15, 0.2) is 42.9 Å². The van der Waals surface area contributed by atoms with Crippen molar-refractivity contribution in [2.45, 2.75) is 6.92 Å². The zero-order valence-electron chi connectivity index (χ0n) is 9.76. The number of hydrogen-bond donors (Lipinski definition) is 0. The second-order valence-corrected chi connectivity index (χ2v) is 4.41. The summed E-state index contributed by atoms with van der Waals surface area (Å²) in [6, 6.07) is 8.07. The molecule has 0 bridgehead atoms. The molecule has 0 spiro atoms. The Morgan fingerprint density at radius 1 is 1.11 bits per heavy atom. The summed E-state index contributed by atoms with van der Waals surface area (Å²) in [5.74, 6) is 0. The van der Waals surface area contributed by atoms with E-state index in [-0.39, 0.29) is 5.28 Å². The van der Waals surface area contributed by atoms with Crippen LogP contribution in [0.25, 0.3) is 22.0 Å². The molecule has 3 nitrogen and oxygen atoms in total. The fourth-order valence-corrected chi connectivity index (χ4v) is 2.15. The maximum Gasteiger partial charge on any atom is 0.222 e. The van der Waals surface area contributed by atoms with Crippen molar-refractivity contribution in [3.05, 3.63) is 53.7 Å². The van der Waals surface area contributed by atoms with Crippen LogP contribution in [0.4, 0.5) is 0 Å².